The Kier molecular flexibility index (Phi) is 8.59. The Morgan fingerprint density at radius 2 is 1.82 bits per heavy atom. The summed E-state index contributed by atoms with van der Waals surface area (Å²) in [7, 11) is -3.26. The number of ether oxygens (including phenoxy) is 1. The van der Waals surface area contributed by atoms with Crippen LogP contribution in [0.15, 0.2) is 47.6 Å². The van der Waals surface area contributed by atoms with Gasteiger partial charge in [-0.1, -0.05) is 0 Å². The van der Waals surface area contributed by atoms with Crippen LogP contribution in [0.5, 0.6) is 5.75 Å². The highest BCUT2D eigenvalue weighted by atomic mass is 35.7. The van der Waals surface area contributed by atoms with Gasteiger partial charge in [-0.3, -0.25) is 14.1 Å². The highest BCUT2D eigenvalue weighted by molar-refractivity contribution is 8.13. The Balaban J connectivity index is 0.000000696. The topological polar surface area (TPSA) is 172 Å². The fraction of sp³-hybridized carbons (Fsp3) is 0.143. The van der Waals surface area contributed by atoms with Crippen LogP contribution < -0.4 is 15.4 Å². The number of carbonyl (C=O) groups is 1. The van der Waals surface area contributed by atoms with Crippen LogP contribution in [0.25, 0.3) is 0 Å². The van der Waals surface area contributed by atoms with Crippen molar-refractivity contribution in [1.82, 2.24) is 4.98 Å². The molecule has 0 aliphatic rings. The van der Waals surface area contributed by atoms with Crippen molar-refractivity contribution >= 4 is 47.5 Å². The maximum atomic E-state index is 12.0. The maximum Gasteiger partial charge on any atom is 0.394 e. The number of pyridine rings is 1. The number of hydrogen-bond donors (Lipinski definition) is 4. The Hall–Kier alpha value is -2.45. The molecule has 0 bridgehead atoms. The zero-order chi connectivity index (χ0) is 21.4. The number of anilines is 2. The summed E-state index contributed by atoms with van der Waals surface area (Å²) >= 11 is 0. The lowest BCUT2D eigenvalue weighted by atomic mass is 10.3. The van der Waals surface area contributed by atoms with Crippen molar-refractivity contribution in [2.75, 3.05) is 17.2 Å². The summed E-state index contributed by atoms with van der Waals surface area (Å²) in [6, 6.07) is 6.73. The zero-order valence-corrected chi connectivity index (χ0v) is 16.6. The number of amides is 2. The molecule has 0 aliphatic heterocycles. The van der Waals surface area contributed by atoms with Gasteiger partial charge in [0.05, 0.1) is 29.1 Å². The average molecular weight is 454 g/mol. The molecule has 1 heterocycles. The van der Waals surface area contributed by atoms with Gasteiger partial charge in [0, 0.05) is 16.9 Å². The molecule has 1 aromatic carbocycles. The Labute approximate surface area is 165 Å². The van der Waals surface area contributed by atoms with Gasteiger partial charge in [0.2, 0.25) is 0 Å². The summed E-state index contributed by atoms with van der Waals surface area (Å²) in [5.74, 6) is 0.331. The van der Waals surface area contributed by atoms with Crippen LogP contribution in [0.2, 0.25) is 0 Å². The van der Waals surface area contributed by atoms with Crippen molar-refractivity contribution in [3.05, 3.63) is 42.7 Å². The summed E-state index contributed by atoms with van der Waals surface area (Å²) in [6.07, 6.45) is 3.05. The second-order valence-electron chi connectivity index (χ2n) is 4.80. The first kappa shape index (κ1) is 23.6. The van der Waals surface area contributed by atoms with E-state index >= 15 is 0 Å². The summed E-state index contributed by atoms with van der Waals surface area (Å²) in [5.41, 5.74) is 0.680. The number of aromatic nitrogens is 1. The third-order valence-electron chi connectivity index (χ3n) is 2.70. The molecule has 28 heavy (non-hydrogen) atoms. The minimum absolute atomic E-state index is 0.140. The standard InChI is InChI=1S/C14H14ClN3O4S.H2O4S/c1-2-22-13-6-5-11(23(15,20)21)8-12(13)18-14(19)17-10-4-3-7-16-9-10;1-5(2,3)4/h3-9H,2H2,1H3,(H2,17,18,19);(H2,1,2,3,4). The normalized spacial score (nSPS) is 11.0. The molecule has 14 heteroatoms. The summed E-state index contributed by atoms with van der Waals surface area (Å²) in [4.78, 5) is 15.7. The predicted octanol–water partition coefficient (Wildman–Crippen LogP) is 2.40. The van der Waals surface area contributed by atoms with E-state index in [1.807, 2.05) is 0 Å². The van der Waals surface area contributed by atoms with E-state index in [1.165, 1.54) is 24.4 Å². The molecule has 4 N–H and O–H groups in total. The molecule has 2 amide bonds. The average Bonchev–Trinajstić information content (AvgIpc) is 2.55. The van der Waals surface area contributed by atoms with Crippen LogP contribution in [0, 0.1) is 0 Å². The molecule has 2 aromatic rings. The van der Waals surface area contributed by atoms with E-state index in [1.54, 1.807) is 25.3 Å². The first-order valence-corrected chi connectivity index (χ1v) is 11.0. The van der Waals surface area contributed by atoms with E-state index in [-0.39, 0.29) is 10.6 Å². The molecule has 0 atom stereocenters. The van der Waals surface area contributed by atoms with E-state index in [2.05, 4.69) is 15.6 Å². The smallest absolute Gasteiger partial charge is 0.394 e. The Morgan fingerprint density at radius 1 is 1.18 bits per heavy atom. The minimum atomic E-state index is -4.67. The second-order valence-corrected chi connectivity index (χ2v) is 8.26. The summed E-state index contributed by atoms with van der Waals surface area (Å²) < 4.78 is 59.8. The monoisotopic (exact) mass is 453 g/mol. The van der Waals surface area contributed by atoms with E-state index in [0.29, 0.717) is 18.0 Å². The lowest BCUT2D eigenvalue weighted by Gasteiger charge is -2.13. The second kappa shape index (κ2) is 10.2. The molecule has 1 aromatic heterocycles. The molecule has 0 fully saturated rings. The summed E-state index contributed by atoms with van der Waals surface area (Å²) in [5, 5.41) is 5.10. The number of urea groups is 1. The third kappa shape index (κ3) is 9.48. The molecular formula is C14H16ClN3O8S2. The molecule has 2 rings (SSSR count). The molecule has 0 unspecified atom stereocenters. The van der Waals surface area contributed by atoms with Crippen molar-refractivity contribution in [3.63, 3.8) is 0 Å². The van der Waals surface area contributed by atoms with Gasteiger partial charge in [0.25, 0.3) is 9.05 Å². The largest absolute Gasteiger partial charge is 0.492 e. The van der Waals surface area contributed by atoms with Gasteiger partial charge in [0.15, 0.2) is 0 Å². The van der Waals surface area contributed by atoms with Crippen LogP contribution in [-0.4, -0.2) is 43.6 Å². The van der Waals surface area contributed by atoms with Crippen molar-refractivity contribution in [1.29, 1.82) is 0 Å². The number of halogens is 1. The van der Waals surface area contributed by atoms with Gasteiger partial charge in [-0.2, -0.15) is 8.42 Å². The fourth-order valence-electron chi connectivity index (χ4n) is 1.76. The Bertz CT molecular complexity index is 1010. The molecule has 0 saturated carbocycles. The lowest BCUT2D eigenvalue weighted by molar-refractivity contribution is 0.262. The molecule has 0 spiro atoms. The van der Waals surface area contributed by atoms with Gasteiger partial charge in [0.1, 0.15) is 5.75 Å². The van der Waals surface area contributed by atoms with Crippen LogP contribution in [0.1, 0.15) is 6.92 Å². The first-order chi connectivity index (χ1) is 12.9. The number of carbonyl (C=O) groups excluding carboxylic acids is 1. The van der Waals surface area contributed by atoms with Crippen molar-refractivity contribution in [2.45, 2.75) is 11.8 Å². The van der Waals surface area contributed by atoms with Crippen LogP contribution >= 0.6 is 10.7 Å². The first-order valence-electron chi connectivity index (χ1n) is 7.29. The number of nitrogens with one attached hydrogen (secondary N) is 2. The van der Waals surface area contributed by atoms with Gasteiger partial charge in [-0.25, -0.2) is 13.2 Å². The summed E-state index contributed by atoms with van der Waals surface area (Å²) in [6.45, 7) is 2.12. The fourth-order valence-corrected chi connectivity index (χ4v) is 2.54. The maximum absolute atomic E-state index is 12.0. The number of rotatable bonds is 5. The minimum Gasteiger partial charge on any atom is -0.492 e. The molecular weight excluding hydrogens is 438 g/mol. The molecule has 0 saturated heterocycles. The molecule has 11 nitrogen and oxygen atoms in total. The van der Waals surface area contributed by atoms with Crippen LogP contribution in [0.3, 0.4) is 0 Å². The molecule has 0 radical (unpaired) electrons. The highest BCUT2D eigenvalue weighted by Gasteiger charge is 2.15. The predicted molar refractivity (Wildman–Crippen MR) is 102 cm³/mol. The van der Waals surface area contributed by atoms with Gasteiger partial charge < -0.3 is 15.4 Å². The van der Waals surface area contributed by atoms with Gasteiger partial charge in [-0.05, 0) is 37.3 Å². The van der Waals surface area contributed by atoms with E-state index < -0.39 is 25.5 Å². The van der Waals surface area contributed by atoms with E-state index in [4.69, 9.17) is 32.9 Å². The molecule has 0 aliphatic carbocycles. The SMILES string of the molecule is CCOc1ccc(S(=O)(=O)Cl)cc1NC(=O)Nc1cccnc1.O=S(=O)(O)O. The van der Waals surface area contributed by atoms with Gasteiger partial charge >= 0.3 is 16.4 Å². The highest BCUT2D eigenvalue weighted by Crippen LogP contribution is 2.29. The van der Waals surface area contributed by atoms with Crippen molar-refractivity contribution in [2.24, 2.45) is 0 Å². The Morgan fingerprint density at radius 3 is 2.32 bits per heavy atom. The number of nitrogens with zero attached hydrogens (tertiary/aromatic N) is 1. The van der Waals surface area contributed by atoms with E-state index in [0.717, 1.165) is 0 Å². The van der Waals surface area contributed by atoms with Gasteiger partial charge in [-0.15, -0.1) is 0 Å². The van der Waals surface area contributed by atoms with Crippen molar-refractivity contribution in [3.8, 4) is 5.75 Å². The van der Waals surface area contributed by atoms with Crippen LogP contribution in [-0.2, 0) is 19.4 Å². The number of benzene rings is 1. The van der Waals surface area contributed by atoms with E-state index in [9.17, 15) is 13.2 Å². The molecule has 154 valence electrons. The number of hydrogen-bond acceptors (Lipinski definition) is 7. The van der Waals surface area contributed by atoms with Crippen LogP contribution in [0.4, 0.5) is 16.2 Å². The quantitative estimate of drug-likeness (QED) is 0.391. The van der Waals surface area contributed by atoms with Crippen molar-refractivity contribution < 1.29 is 35.5 Å². The third-order valence-corrected chi connectivity index (χ3v) is 4.05. The lowest BCUT2D eigenvalue weighted by Crippen LogP contribution is -2.20. The zero-order valence-electron chi connectivity index (χ0n) is 14.2.